The molecule has 0 aliphatic carbocycles. The van der Waals surface area contributed by atoms with Gasteiger partial charge in [0.15, 0.2) is 0 Å². The Morgan fingerprint density at radius 2 is 1.97 bits per heavy atom. The van der Waals surface area contributed by atoms with Gasteiger partial charge in [0, 0.05) is 24.5 Å². The average Bonchev–Trinajstić information content (AvgIpc) is 3.25. The molecule has 1 atom stereocenters. The third kappa shape index (κ3) is 5.07. The zero-order valence-corrected chi connectivity index (χ0v) is 20.5. The maximum absolute atomic E-state index is 13.5. The van der Waals surface area contributed by atoms with Crippen LogP contribution in [0.2, 0.25) is 0 Å². The first kappa shape index (κ1) is 23.7. The van der Waals surface area contributed by atoms with E-state index in [0.717, 1.165) is 41.8 Å². The molecule has 176 valence electrons. The maximum atomic E-state index is 13.5. The molecule has 1 fully saturated rings. The van der Waals surface area contributed by atoms with Crippen LogP contribution in [0.5, 0.6) is 0 Å². The van der Waals surface area contributed by atoms with Crippen molar-refractivity contribution < 1.29 is 13.2 Å². The van der Waals surface area contributed by atoms with Crippen LogP contribution in [-0.4, -0.2) is 52.5 Å². The number of aryl methyl sites for hydroxylation is 1. The van der Waals surface area contributed by atoms with Crippen molar-refractivity contribution in [2.45, 2.75) is 61.5 Å². The van der Waals surface area contributed by atoms with Crippen LogP contribution < -0.4 is 5.32 Å². The normalized spacial score (nSPS) is 17.3. The van der Waals surface area contributed by atoms with E-state index in [9.17, 15) is 13.2 Å². The number of amides is 1. The van der Waals surface area contributed by atoms with Crippen LogP contribution in [0.25, 0.3) is 11.0 Å². The van der Waals surface area contributed by atoms with E-state index in [4.69, 9.17) is 0 Å². The van der Waals surface area contributed by atoms with Crippen molar-refractivity contribution in [3.63, 3.8) is 0 Å². The molecule has 2 heterocycles. The van der Waals surface area contributed by atoms with Crippen molar-refractivity contribution in [1.82, 2.24) is 24.6 Å². The second-order valence-electron chi connectivity index (χ2n) is 8.16. The number of rotatable bonds is 8. The molecule has 1 saturated heterocycles. The molecule has 0 spiro atoms. The molecule has 10 heteroatoms. The molecule has 0 bridgehead atoms. The van der Waals surface area contributed by atoms with E-state index >= 15 is 0 Å². The number of benzene rings is 2. The van der Waals surface area contributed by atoms with Gasteiger partial charge in [-0.1, -0.05) is 30.7 Å². The Balaban J connectivity index is 1.52. The Morgan fingerprint density at radius 1 is 1.18 bits per heavy atom. The molecular weight excluding hydrogens is 458 g/mol. The van der Waals surface area contributed by atoms with Crippen molar-refractivity contribution in [3.05, 3.63) is 48.0 Å². The highest BCUT2D eigenvalue weighted by Gasteiger charge is 2.37. The molecule has 1 N–H and O–H groups in total. The summed E-state index contributed by atoms with van der Waals surface area (Å²) >= 11 is 1.66. The average molecular weight is 488 g/mol. The minimum Gasteiger partial charge on any atom is -0.351 e. The van der Waals surface area contributed by atoms with Gasteiger partial charge < -0.3 is 5.32 Å². The highest BCUT2D eigenvalue weighted by molar-refractivity contribution is 7.98. The molecule has 33 heavy (non-hydrogen) atoms. The number of sulfonamides is 1. The third-order valence-electron chi connectivity index (χ3n) is 5.91. The lowest BCUT2D eigenvalue weighted by Crippen LogP contribution is -2.51. The van der Waals surface area contributed by atoms with Crippen LogP contribution >= 0.6 is 11.8 Å². The molecule has 3 aromatic rings. The lowest BCUT2D eigenvalue weighted by molar-refractivity contribution is -0.125. The quantitative estimate of drug-likeness (QED) is 0.489. The summed E-state index contributed by atoms with van der Waals surface area (Å²) in [5.41, 5.74) is 2.32. The Kier molecular flexibility index (Phi) is 7.35. The van der Waals surface area contributed by atoms with Crippen LogP contribution in [-0.2, 0) is 27.9 Å². The summed E-state index contributed by atoms with van der Waals surface area (Å²) in [5.74, 6) is -0.262. The minimum atomic E-state index is -3.85. The van der Waals surface area contributed by atoms with Crippen LogP contribution in [0.1, 0.15) is 38.2 Å². The van der Waals surface area contributed by atoms with Crippen LogP contribution in [0, 0.1) is 0 Å². The first-order valence-electron chi connectivity index (χ1n) is 11.2. The van der Waals surface area contributed by atoms with E-state index in [1.165, 1.54) is 4.31 Å². The molecule has 0 radical (unpaired) electrons. The monoisotopic (exact) mass is 487 g/mol. The summed E-state index contributed by atoms with van der Waals surface area (Å²) in [6.45, 7) is 3.46. The van der Waals surface area contributed by atoms with Gasteiger partial charge in [-0.25, -0.2) is 13.1 Å². The molecule has 2 aromatic carbocycles. The zero-order valence-electron chi connectivity index (χ0n) is 18.9. The molecule has 8 nitrogen and oxygen atoms in total. The molecule has 1 aromatic heterocycles. The molecule has 1 aliphatic rings. The SMILES string of the molecule is CCCn1nnc2cc(S(=O)(=O)N3CCCC[C@H]3C(=O)NCc3ccc(SC)cc3)ccc21. The highest BCUT2D eigenvalue weighted by Crippen LogP contribution is 2.27. The summed E-state index contributed by atoms with van der Waals surface area (Å²) in [6.07, 6.45) is 4.97. The topological polar surface area (TPSA) is 97.2 Å². The largest absolute Gasteiger partial charge is 0.351 e. The van der Waals surface area contributed by atoms with E-state index in [0.29, 0.717) is 25.0 Å². The fourth-order valence-corrected chi connectivity index (χ4v) is 6.22. The van der Waals surface area contributed by atoms with E-state index in [2.05, 4.69) is 15.6 Å². The first-order chi connectivity index (χ1) is 15.9. The van der Waals surface area contributed by atoms with Crippen LogP contribution in [0.4, 0.5) is 0 Å². The molecule has 0 saturated carbocycles. The van der Waals surface area contributed by atoms with Gasteiger partial charge >= 0.3 is 0 Å². The highest BCUT2D eigenvalue weighted by atomic mass is 32.2. The number of aromatic nitrogens is 3. The van der Waals surface area contributed by atoms with Gasteiger partial charge in [0.2, 0.25) is 15.9 Å². The summed E-state index contributed by atoms with van der Waals surface area (Å²) in [7, 11) is -3.85. The number of piperidine rings is 1. The predicted octanol–water partition coefficient (Wildman–Crippen LogP) is 3.42. The lowest BCUT2D eigenvalue weighted by Gasteiger charge is -2.33. The molecule has 0 unspecified atom stereocenters. The second kappa shape index (κ2) is 10.2. The summed E-state index contributed by atoms with van der Waals surface area (Å²) in [5, 5.41) is 11.2. The van der Waals surface area contributed by atoms with E-state index in [1.807, 2.05) is 37.4 Å². The Bertz CT molecular complexity index is 1220. The Morgan fingerprint density at radius 3 is 2.70 bits per heavy atom. The second-order valence-corrected chi connectivity index (χ2v) is 10.9. The number of carbonyl (C=O) groups excluding carboxylic acids is 1. The Labute approximate surface area is 198 Å². The van der Waals surface area contributed by atoms with E-state index in [-0.39, 0.29) is 10.8 Å². The van der Waals surface area contributed by atoms with Gasteiger partial charge in [0.05, 0.1) is 10.4 Å². The number of carbonyl (C=O) groups is 1. The number of fused-ring (bicyclic) bond motifs is 1. The zero-order chi connectivity index (χ0) is 23.4. The lowest BCUT2D eigenvalue weighted by atomic mass is 10.0. The molecule has 4 rings (SSSR count). The van der Waals surface area contributed by atoms with Crippen LogP contribution in [0.15, 0.2) is 52.3 Å². The first-order valence-corrected chi connectivity index (χ1v) is 13.9. The van der Waals surface area contributed by atoms with Crippen molar-refractivity contribution in [2.75, 3.05) is 12.8 Å². The molecular formula is C23H29N5O3S2. The van der Waals surface area contributed by atoms with Gasteiger partial charge in [0.1, 0.15) is 11.6 Å². The minimum absolute atomic E-state index is 0.144. The third-order valence-corrected chi connectivity index (χ3v) is 8.56. The van der Waals surface area contributed by atoms with Crippen molar-refractivity contribution >= 4 is 38.7 Å². The van der Waals surface area contributed by atoms with Gasteiger partial charge in [-0.2, -0.15) is 4.31 Å². The summed E-state index contributed by atoms with van der Waals surface area (Å²) < 4.78 is 30.1. The van der Waals surface area contributed by atoms with Crippen molar-refractivity contribution in [2.24, 2.45) is 0 Å². The van der Waals surface area contributed by atoms with E-state index < -0.39 is 16.1 Å². The van der Waals surface area contributed by atoms with Gasteiger partial charge in [-0.3, -0.25) is 4.79 Å². The number of hydrogen-bond donors (Lipinski definition) is 1. The summed E-state index contributed by atoms with van der Waals surface area (Å²) in [4.78, 5) is 14.3. The van der Waals surface area contributed by atoms with Gasteiger partial charge in [-0.15, -0.1) is 16.9 Å². The van der Waals surface area contributed by atoms with Crippen molar-refractivity contribution in [3.8, 4) is 0 Å². The fraction of sp³-hybridized carbons (Fsp3) is 0.435. The number of nitrogens with zero attached hydrogens (tertiary/aromatic N) is 4. The molecule has 1 amide bonds. The van der Waals surface area contributed by atoms with Crippen LogP contribution in [0.3, 0.4) is 0 Å². The van der Waals surface area contributed by atoms with E-state index in [1.54, 1.807) is 34.6 Å². The fourth-order valence-electron chi connectivity index (χ4n) is 4.13. The van der Waals surface area contributed by atoms with Gasteiger partial charge in [0.25, 0.3) is 0 Å². The molecule has 1 aliphatic heterocycles. The Hall–Kier alpha value is -2.43. The number of nitrogens with one attached hydrogen (secondary N) is 1. The maximum Gasteiger partial charge on any atom is 0.243 e. The summed E-state index contributed by atoms with van der Waals surface area (Å²) in [6, 6.07) is 12.1. The number of thioether (sulfide) groups is 1. The predicted molar refractivity (Wildman–Crippen MR) is 129 cm³/mol. The smallest absolute Gasteiger partial charge is 0.243 e. The standard InChI is InChI=1S/C23H29N5O3S2/c1-3-13-27-21-12-11-19(15-20(21)25-26-27)33(30,31)28-14-5-4-6-22(28)23(29)24-16-17-7-9-18(32-2)10-8-17/h7-12,15,22H,3-6,13-14,16H2,1-2H3,(H,24,29)/t22-/m0/s1. The number of hydrogen-bond acceptors (Lipinski definition) is 6. The van der Waals surface area contributed by atoms with Crippen molar-refractivity contribution in [1.29, 1.82) is 0 Å². The van der Waals surface area contributed by atoms with Gasteiger partial charge in [-0.05, 0) is 61.4 Å².